The molecule has 30 heavy (non-hydrogen) atoms. The Morgan fingerprint density at radius 2 is 1.73 bits per heavy atom. The second kappa shape index (κ2) is 6.74. The zero-order valence-electron chi connectivity index (χ0n) is 17.3. The molecule has 2 aliphatic heterocycles. The van der Waals surface area contributed by atoms with Crippen LogP contribution in [0.25, 0.3) is 21.6 Å². The van der Waals surface area contributed by atoms with E-state index in [0.29, 0.717) is 22.8 Å². The third-order valence-corrected chi connectivity index (χ3v) is 9.11. The first-order valence-corrected chi connectivity index (χ1v) is 12.5. The summed E-state index contributed by atoms with van der Waals surface area (Å²) in [6, 6.07) is 8.07. The number of thiophene rings is 2. The Morgan fingerprint density at radius 3 is 2.33 bits per heavy atom. The van der Waals surface area contributed by atoms with Gasteiger partial charge < -0.3 is 17.6 Å². The molecule has 5 rings (SSSR count). The number of aromatic nitrogens is 1. The molecule has 0 atom stereocenters. The topological polar surface area (TPSA) is 7.94 Å². The molecule has 3 aromatic heterocycles. The van der Waals surface area contributed by atoms with E-state index in [9.17, 15) is 0 Å². The largest absolute Gasteiger partial charge is 0.737 e. The van der Waals surface area contributed by atoms with Crippen LogP contribution in [0.4, 0.5) is 8.63 Å². The molecule has 0 aromatic carbocycles. The lowest BCUT2D eigenvalue weighted by Gasteiger charge is -2.32. The van der Waals surface area contributed by atoms with Crippen molar-refractivity contribution in [1.29, 1.82) is 0 Å². The Labute approximate surface area is 196 Å². The monoisotopic (exact) mass is 552 g/mol. The van der Waals surface area contributed by atoms with Gasteiger partial charge in [0.15, 0.2) is 5.70 Å². The van der Waals surface area contributed by atoms with Gasteiger partial charge in [0.25, 0.3) is 0 Å². The molecule has 154 valence electrons. The summed E-state index contributed by atoms with van der Waals surface area (Å²) in [6.07, 6.45) is 0. The minimum atomic E-state index is -4.00. The molecule has 0 amide bonds. The average Bonchev–Trinajstić information content (AvgIpc) is 3.42. The van der Waals surface area contributed by atoms with Crippen LogP contribution in [0.5, 0.6) is 0 Å². The number of halogens is 3. The van der Waals surface area contributed by atoms with Gasteiger partial charge in [-0.1, -0.05) is 6.07 Å². The highest BCUT2D eigenvalue weighted by Crippen LogP contribution is 2.48. The van der Waals surface area contributed by atoms with Crippen LogP contribution in [-0.4, -0.2) is 21.6 Å². The molecule has 8 heteroatoms. The van der Waals surface area contributed by atoms with E-state index >= 15 is 8.63 Å². The van der Waals surface area contributed by atoms with Gasteiger partial charge in [-0.3, -0.25) is 0 Å². The third-order valence-electron chi connectivity index (χ3n) is 6.31. The van der Waals surface area contributed by atoms with Crippen molar-refractivity contribution in [3.63, 3.8) is 0 Å². The Morgan fingerprint density at radius 1 is 1.00 bits per heavy atom. The molecule has 0 aliphatic carbocycles. The average molecular weight is 552 g/mol. The maximum absolute atomic E-state index is 16.2. The summed E-state index contributed by atoms with van der Waals surface area (Å²) in [5.74, 6) is 0. The smallest absolute Gasteiger partial charge is 0.393 e. The van der Waals surface area contributed by atoms with E-state index in [-0.39, 0.29) is 0 Å². The highest BCUT2D eigenvalue weighted by atomic mass is 127. The lowest BCUT2D eigenvalue weighted by Crippen LogP contribution is -2.51. The van der Waals surface area contributed by atoms with E-state index in [1.54, 1.807) is 22.7 Å². The van der Waals surface area contributed by atoms with Crippen molar-refractivity contribution >= 4 is 69.1 Å². The molecule has 0 saturated carbocycles. The van der Waals surface area contributed by atoms with Gasteiger partial charge in [-0.25, -0.2) is 0 Å². The predicted octanol–water partition coefficient (Wildman–Crippen LogP) is 7.43. The van der Waals surface area contributed by atoms with Gasteiger partial charge in [-0.2, -0.15) is 0 Å². The number of allylic oxidation sites excluding steroid dienone is 3. The van der Waals surface area contributed by atoms with Crippen LogP contribution in [0.3, 0.4) is 0 Å². The van der Waals surface area contributed by atoms with Crippen LogP contribution in [0.15, 0.2) is 40.9 Å². The fraction of sp³-hybridized carbons (Fsp3) is 0.227. The van der Waals surface area contributed by atoms with E-state index in [1.165, 1.54) is 8.96 Å². The molecule has 0 radical (unpaired) electrons. The van der Waals surface area contributed by atoms with Gasteiger partial charge in [-0.15, -0.1) is 22.7 Å². The van der Waals surface area contributed by atoms with Crippen LogP contribution in [-0.2, 0) is 0 Å². The molecule has 5 heterocycles. The molecule has 0 saturated heterocycles. The first-order chi connectivity index (χ1) is 14.2. The fourth-order valence-corrected chi connectivity index (χ4v) is 7.90. The standard InChI is InChI=1S/C22H20BF2IN2S2/c1-11-19(16-7-6-10-29-16)14(4)27-21(11)13(3)22-12(2)20(17-8-9-18(26)30-17)15(5)28(22)23(27,24)25/h6-10H,1-5H3. The van der Waals surface area contributed by atoms with E-state index in [0.717, 1.165) is 40.5 Å². The Hall–Kier alpha value is -1.52. The van der Waals surface area contributed by atoms with Gasteiger partial charge >= 0.3 is 6.97 Å². The number of rotatable bonds is 2. The van der Waals surface area contributed by atoms with Crippen molar-refractivity contribution in [2.75, 3.05) is 0 Å². The highest BCUT2D eigenvalue weighted by molar-refractivity contribution is 14.1. The zero-order valence-corrected chi connectivity index (χ0v) is 21.1. The van der Waals surface area contributed by atoms with Crippen LogP contribution in [0.1, 0.15) is 42.6 Å². The van der Waals surface area contributed by atoms with E-state index in [1.807, 2.05) is 64.3 Å². The molecule has 2 nitrogen and oxygen atoms in total. The quantitative estimate of drug-likeness (QED) is 0.231. The summed E-state index contributed by atoms with van der Waals surface area (Å²) in [6.45, 7) is 5.61. The Bertz CT molecular complexity index is 1320. The normalized spacial score (nSPS) is 17.9. The second-order valence-electron chi connectivity index (χ2n) is 7.90. The van der Waals surface area contributed by atoms with Crippen molar-refractivity contribution in [2.24, 2.45) is 0 Å². The summed E-state index contributed by atoms with van der Waals surface area (Å²) in [7, 11) is 0. The molecule has 0 spiro atoms. The fourth-order valence-electron chi connectivity index (χ4n) is 5.24. The Kier molecular flexibility index (Phi) is 4.58. The van der Waals surface area contributed by atoms with E-state index < -0.39 is 6.97 Å². The molecule has 2 aliphatic rings. The molecular formula is C22H20BF2IN2S2. The van der Waals surface area contributed by atoms with Crippen LogP contribution in [0, 0.1) is 16.7 Å². The van der Waals surface area contributed by atoms with Crippen molar-refractivity contribution in [3.8, 4) is 10.4 Å². The van der Waals surface area contributed by atoms with Crippen LogP contribution < -0.4 is 0 Å². The van der Waals surface area contributed by atoms with Crippen LogP contribution >= 0.6 is 45.3 Å². The van der Waals surface area contributed by atoms with Gasteiger partial charge in [0, 0.05) is 39.1 Å². The summed E-state index contributed by atoms with van der Waals surface area (Å²) < 4.78 is 36.2. The third kappa shape index (κ3) is 2.53. The lowest BCUT2D eigenvalue weighted by atomic mass is 9.86. The summed E-state index contributed by atoms with van der Waals surface area (Å²) in [5, 5.41) is 2.00. The minimum absolute atomic E-state index is 0.637. The summed E-state index contributed by atoms with van der Waals surface area (Å²) in [4.78, 5) is 2.09. The predicted molar refractivity (Wildman–Crippen MR) is 134 cm³/mol. The SMILES string of the molecule is CC1=C(c2cccs2)C(C)=[N+]2C1=C(C)c1c(C)c(-c3ccc(I)s3)c(C)n1[B-]2(F)F. The van der Waals surface area contributed by atoms with E-state index in [2.05, 4.69) is 22.6 Å². The first kappa shape index (κ1) is 20.4. The Balaban J connectivity index is 1.85. The summed E-state index contributed by atoms with van der Waals surface area (Å²) >= 11 is 5.53. The lowest BCUT2D eigenvalue weighted by molar-refractivity contribution is -0.363. The van der Waals surface area contributed by atoms with E-state index in [4.69, 9.17) is 0 Å². The number of hydrogen-bond donors (Lipinski definition) is 0. The molecular weight excluding hydrogens is 532 g/mol. The highest BCUT2D eigenvalue weighted by Gasteiger charge is 2.56. The molecule has 0 N–H and O–H groups in total. The molecule has 0 bridgehead atoms. The van der Waals surface area contributed by atoms with Gasteiger partial charge in [0.2, 0.25) is 0 Å². The zero-order chi connectivity index (χ0) is 21.5. The van der Waals surface area contributed by atoms with Gasteiger partial charge in [0.1, 0.15) is 5.71 Å². The maximum atomic E-state index is 16.2. The second-order valence-corrected chi connectivity index (χ2v) is 11.8. The molecule has 0 fully saturated rings. The van der Waals surface area contributed by atoms with Gasteiger partial charge in [-0.05, 0) is 85.1 Å². The molecule has 0 unspecified atom stereocenters. The van der Waals surface area contributed by atoms with Gasteiger partial charge in [0.05, 0.1) is 8.46 Å². The summed E-state index contributed by atoms with van der Waals surface area (Å²) in [5.41, 5.74) is 7.29. The van der Waals surface area contributed by atoms with Crippen molar-refractivity contribution < 1.29 is 13.1 Å². The minimum Gasteiger partial charge on any atom is -0.393 e. The number of hydrogen-bond acceptors (Lipinski definition) is 2. The molecule has 3 aromatic rings. The maximum Gasteiger partial charge on any atom is 0.737 e. The first-order valence-electron chi connectivity index (χ1n) is 9.75. The number of fused-ring (bicyclic) bond motifs is 2. The van der Waals surface area contributed by atoms with Crippen molar-refractivity contribution in [2.45, 2.75) is 34.6 Å². The number of nitrogens with zero attached hydrogens (tertiary/aromatic N) is 2. The van der Waals surface area contributed by atoms with Crippen molar-refractivity contribution in [1.82, 2.24) is 4.48 Å². The van der Waals surface area contributed by atoms with Crippen molar-refractivity contribution in [3.05, 3.63) is 65.6 Å². The van der Waals surface area contributed by atoms with Crippen LogP contribution in [0.2, 0.25) is 0 Å².